The maximum absolute atomic E-state index is 11.4. The number of nitrogens with one attached hydrogen (secondary N) is 1. The molecule has 0 radical (unpaired) electrons. The molecule has 2 saturated heterocycles. The predicted octanol–water partition coefficient (Wildman–Crippen LogP) is -5.16. The summed E-state index contributed by atoms with van der Waals surface area (Å²) in [5, 5.41) is 70.4. The van der Waals surface area contributed by atoms with E-state index in [9.17, 15) is 40.2 Å². The summed E-state index contributed by atoms with van der Waals surface area (Å²) in [5.74, 6) is -2.27. The summed E-state index contributed by atoms with van der Waals surface area (Å²) < 4.78 is 15.3. The van der Waals surface area contributed by atoms with Crippen LogP contribution in [0.4, 0.5) is 0 Å². The van der Waals surface area contributed by atoms with E-state index in [2.05, 4.69) is 5.32 Å². The second kappa shape index (κ2) is 8.72. The molecule has 2 aliphatic heterocycles. The molecule has 0 aromatic rings. The Bertz CT molecular complexity index is 546. The van der Waals surface area contributed by atoms with Crippen molar-refractivity contribution in [2.45, 2.75) is 68.3 Å². The summed E-state index contributed by atoms with van der Waals surface area (Å²) in [6.45, 7) is 0.388. The number of aliphatic hydroxyl groups excluding tert-OH is 6. The fourth-order valence-electron chi connectivity index (χ4n) is 2.95. The maximum atomic E-state index is 11.4. The number of amides is 1. The molecule has 10 atom stereocenters. The van der Waals surface area contributed by atoms with Gasteiger partial charge in [-0.3, -0.25) is 4.79 Å². The number of aliphatic carboxylic acids is 1. The van der Waals surface area contributed by atoms with Gasteiger partial charge in [0.2, 0.25) is 5.91 Å². The van der Waals surface area contributed by atoms with Crippen molar-refractivity contribution >= 4 is 11.9 Å². The van der Waals surface area contributed by atoms with Crippen LogP contribution in [0.25, 0.3) is 0 Å². The highest BCUT2D eigenvalue weighted by molar-refractivity contribution is 5.73. The number of carboxylic acid groups (broad SMARTS) is 1. The van der Waals surface area contributed by atoms with Crippen molar-refractivity contribution in [3.63, 3.8) is 0 Å². The molecule has 13 nitrogen and oxygen atoms in total. The fourth-order valence-corrected chi connectivity index (χ4v) is 2.95. The van der Waals surface area contributed by atoms with E-state index in [1.807, 2.05) is 0 Å². The number of aliphatic hydroxyl groups is 6. The van der Waals surface area contributed by atoms with Crippen molar-refractivity contribution < 1.29 is 59.5 Å². The molecule has 2 rings (SSSR count). The molecule has 2 aliphatic rings. The van der Waals surface area contributed by atoms with E-state index < -0.39 is 79.8 Å². The van der Waals surface area contributed by atoms with Crippen molar-refractivity contribution in [1.82, 2.24) is 5.32 Å². The Balaban J connectivity index is 2.25. The van der Waals surface area contributed by atoms with E-state index in [4.69, 9.17) is 19.3 Å². The van der Waals surface area contributed by atoms with E-state index in [-0.39, 0.29) is 0 Å². The zero-order valence-electron chi connectivity index (χ0n) is 14.2. The van der Waals surface area contributed by atoms with Gasteiger partial charge in [0.05, 0.1) is 6.61 Å². The van der Waals surface area contributed by atoms with Gasteiger partial charge >= 0.3 is 5.97 Å². The van der Waals surface area contributed by atoms with Crippen LogP contribution in [0.5, 0.6) is 0 Å². The quantitative estimate of drug-likeness (QED) is 0.218. The Kier molecular flexibility index (Phi) is 7.07. The summed E-state index contributed by atoms with van der Waals surface area (Å²) in [6.07, 6.45) is -15.8. The number of carbonyl (C=O) groups excluding carboxylic acids is 1. The molecule has 27 heavy (non-hydrogen) atoms. The molecule has 0 aromatic carbocycles. The topological polar surface area (TPSA) is 215 Å². The molecule has 156 valence electrons. The second-order valence-electron chi connectivity index (χ2n) is 6.30. The van der Waals surface area contributed by atoms with Crippen LogP contribution in [0, 0.1) is 0 Å². The Labute approximate surface area is 152 Å². The normalized spacial score (nSPS) is 45.3. The van der Waals surface area contributed by atoms with Crippen LogP contribution < -0.4 is 5.32 Å². The zero-order chi connectivity index (χ0) is 20.5. The van der Waals surface area contributed by atoms with E-state index in [1.54, 1.807) is 0 Å². The first-order valence-electron chi connectivity index (χ1n) is 8.06. The first kappa shape index (κ1) is 21.9. The van der Waals surface area contributed by atoms with Gasteiger partial charge in [-0.1, -0.05) is 0 Å². The van der Waals surface area contributed by atoms with Crippen LogP contribution in [-0.2, 0) is 23.8 Å². The SMILES string of the molecule is CC(=O)NC1C(O)OC(CO)C(O)C1OC1OC(C(=O)O)C(O)C(O)C1O. The van der Waals surface area contributed by atoms with Gasteiger partial charge < -0.3 is 55.3 Å². The zero-order valence-corrected chi connectivity index (χ0v) is 14.2. The smallest absolute Gasteiger partial charge is 0.335 e. The lowest BCUT2D eigenvalue weighted by Gasteiger charge is -2.46. The summed E-state index contributed by atoms with van der Waals surface area (Å²) in [6, 6.07) is -1.37. The van der Waals surface area contributed by atoms with Crippen LogP contribution in [-0.4, -0.2) is 116 Å². The minimum absolute atomic E-state index is 0.630. The fraction of sp³-hybridized carbons (Fsp3) is 0.857. The van der Waals surface area contributed by atoms with E-state index in [0.717, 1.165) is 6.92 Å². The maximum Gasteiger partial charge on any atom is 0.335 e. The number of ether oxygens (including phenoxy) is 3. The minimum atomic E-state index is -1.95. The Morgan fingerprint density at radius 1 is 1.00 bits per heavy atom. The molecule has 0 aromatic heterocycles. The highest BCUT2D eigenvalue weighted by Gasteiger charge is 2.52. The van der Waals surface area contributed by atoms with Gasteiger partial charge in [-0.25, -0.2) is 4.79 Å². The molecule has 0 saturated carbocycles. The lowest BCUT2D eigenvalue weighted by atomic mass is 9.95. The molecular weight excluding hydrogens is 374 g/mol. The van der Waals surface area contributed by atoms with E-state index >= 15 is 0 Å². The molecule has 13 heteroatoms. The molecule has 2 fully saturated rings. The first-order valence-corrected chi connectivity index (χ1v) is 8.06. The number of hydrogen-bond acceptors (Lipinski definition) is 11. The van der Waals surface area contributed by atoms with Crippen LogP contribution in [0.3, 0.4) is 0 Å². The highest BCUT2D eigenvalue weighted by atomic mass is 16.7. The monoisotopic (exact) mass is 397 g/mol. The number of hydrogen-bond donors (Lipinski definition) is 8. The van der Waals surface area contributed by atoms with Gasteiger partial charge in [0.1, 0.15) is 42.7 Å². The van der Waals surface area contributed by atoms with E-state index in [1.165, 1.54) is 0 Å². The van der Waals surface area contributed by atoms with Crippen molar-refractivity contribution in [2.24, 2.45) is 0 Å². The summed E-state index contributed by atoms with van der Waals surface area (Å²) >= 11 is 0. The average molecular weight is 397 g/mol. The average Bonchev–Trinajstić information content (AvgIpc) is 2.60. The Morgan fingerprint density at radius 3 is 2.15 bits per heavy atom. The lowest BCUT2D eigenvalue weighted by molar-refractivity contribution is -0.336. The Morgan fingerprint density at radius 2 is 1.63 bits per heavy atom. The first-order chi connectivity index (χ1) is 12.6. The summed E-state index contributed by atoms with van der Waals surface area (Å²) in [7, 11) is 0. The van der Waals surface area contributed by atoms with Crippen molar-refractivity contribution in [1.29, 1.82) is 0 Å². The van der Waals surface area contributed by atoms with Gasteiger partial charge in [-0.05, 0) is 0 Å². The van der Waals surface area contributed by atoms with Crippen molar-refractivity contribution in [2.75, 3.05) is 6.61 Å². The number of carbonyl (C=O) groups is 2. The standard InChI is InChI=1S/C14H23NO12/c1-3(17)15-5-10(6(18)4(2-16)25-13(5)24)26-14-9(21)7(19)8(20)11(27-14)12(22)23/h4-11,13-14,16,18-21,24H,2H2,1H3,(H,15,17)(H,22,23). The molecule has 8 N–H and O–H groups in total. The van der Waals surface area contributed by atoms with Crippen LogP contribution in [0.15, 0.2) is 0 Å². The van der Waals surface area contributed by atoms with Crippen molar-refractivity contribution in [3.8, 4) is 0 Å². The van der Waals surface area contributed by atoms with Gasteiger partial charge in [-0.15, -0.1) is 0 Å². The van der Waals surface area contributed by atoms with E-state index in [0.29, 0.717) is 0 Å². The third-order valence-corrected chi connectivity index (χ3v) is 4.35. The van der Waals surface area contributed by atoms with Gasteiger partial charge in [0.15, 0.2) is 18.7 Å². The van der Waals surface area contributed by atoms with Gasteiger partial charge in [0, 0.05) is 6.92 Å². The molecule has 0 bridgehead atoms. The largest absolute Gasteiger partial charge is 0.479 e. The number of rotatable bonds is 5. The third-order valence-electron chi connectivity index (χ3n) is 4.35. The van der Waals surface area contributed by atoms with Crippen LogP contribution in [0.2, 0.25) is 0 Å². The van der Waals surface area contributed by atoms with Gasteiger partial charge in [0.25, 0.3) is 0 Å². The minimum Gasteiger partial charge on any atom is -0.479 e. The molecule has 0 aliphatic carbocycles. The third kappa shape index (κ3) is 4.53. The lowest BCUT2D eigenvalue weighted by Crippen LogP contribution is -2.67. The molecule has 2 heterocycles. The highest BCUT2D eigenvalue weighted by Crippen LogP contribution is 2.28. The predicted molar refractivity (Wildman–Crippen MR) is 80.8 cm³/mol. The summed E-state index contributed by atoms with van der Waals surface area (Å²) in [4.78, 5) is 22.5. The summed E-state index contributed by atoms with van der Waals surface area (Å²) in [5.41, 5.74) is 0. The number of carboxylic acids is 1. The van der Waals surface area contributed by atoms with Crippen LogP contribution in [0.1, 0.15) is 6.92 Å². The molecular formula is C14H23NO12. The van der Waals surface area contributed by atoms with Crippen LogP contribution >= 0.6 is 0 Å². The molecule has 10 unspecified atom stereocenters. The molecule has 0 spiro atoms. The Hall–Kier alpha value is -1.42. The second-order valence-corrected chi connectivity index (χ2v) is 6.30. The van der Waals surface area contributed by atoms with Gasteiger partial charge in [-0.2, -0.15) is 0 Å². The molecule has 1 amide bonds. The van der Waals surface area contributed by atoms with Crippen molar-refractivity contribution in [3.05, 3.63) is 0 Å².